The van der Waals surface area contributed by atoms with Gasteiger partial charge in [-0.1, -0.05) is 0 Å². The standard InChI is InChI=1S/C6H10O3.C4H11N5.C2H4.ClH/c1(5-3-8-5)7-2-6-4-9-6;1-9(2)4(7)8-3(5)6;1-2;/h5-6H,1-4H2;1-2H3,(H5,5,6,7,8);1-2H2;1H. The molecule has 0 aliphatic carbocycles. The van der Waals surface area contributed by atoms with Gasteiger partial charge in [-0.25, -0.2) is 0 Å². The van der Waals surface area contributed by atoms with Crippen molar-refractivity contribution in [3.63, 3.8) is 0 Å². The number of rotatable bonds is 4. The minimum Gasteiger partial charge on any atom is -0.376 e. The largest absolute Gasteiger partial charge is 0.376 e. The molecule has 2 fully saturated rings. The van der Waals surface area contributed by atoms with E-state index in [-0.39, 0.29) is 24.3 Å². The molecule has 0 amide bonds. The Kier molecular flexibility index (Phi) is 12.9. The number of ether oxygens (including phenoxy) is 3. The number of hydrogen-bond acceptors (Lipinski definition) is 4. The lowest BCUT2D eigenvalue weighted by molar-refractivity contribution is 0.102. The first-order valence-electron chi connectivity index (χ1n) is 6.15. The van der Waals surface area contributed by atoms with Crippen molar-refractivity contribution in [2.45, 2.75) is 12.2 Å². The van der Waals surface area contributed by atoms with Gasteiger partial charge in [-0.3, -0.25) is 5.41 Å². The van der Waals surface area contributed by atoms with Crippen LogP contribution in [0.4, 0.5) is 0 Å². The predicted molar refractivity (Wildman–Crippen MR) is 86.0 cm³/mol. The minimum absolute atomic E-state index is 0. The summed E-state index contributed by atoms with van der Waals surface area (Å²) in [6.07, 6.45) is 0.785. The zero-order chi connectivity index (χ0) is 15.5. The molecule has 0 radical (unpaired) electrons. The zero-order valence-corrected chi connectivity index (χ0v) is 13.4. The molecule has 0 bridgehead atoms. The van der Waals surface area contributed by atoms with Crippen LogP contribution in [0, 0.1) is 5.41 Å². The first-order valence-corrected chi connectivity index (χ1v) is 6.15. The number of nitrogens with zero attached hydrogens (tertiary/aromatic N) is 2. The lowest BCUT2D eigenvalue weighted by Gasteiger charge is -2.08. The normalized spacial score (nSPS) is 21.5. The highest BCUT2D eigenvalue weighted by Gasteiger charge is 2.26. The molecule has 2 unspecified atom stereocenters. The molecule has 2 aliphatic heterocycles. The van der Waals surface area contributed by atoms with Gasteiger partial charge >= 0.3 is 0 Å². The highest BCUT2D eigenvalue weighted by Crippen LogP contribution is 2.12. The number of epoxide rings is 2. The Morgan fingerprint density at radius 3 is 1.81 bits per heavy atom. The Hall–Kier alpha value is -1.35. The second-order valence-corrected chi connectivity index (χ2v) is 4.20. The van der Waals surface area contributed by atoms with Crippen LogP contribution < -0.4 is 11.5 Å². The van der Waals surface area contributed by atoms with Gasteiger partial charge < -0.3 is 30.6 Å². The fourth-order valence-corrected chi connectivity index (χ4v) is 0.883. The summed E-state index contributed by atoms with van der Waals surface area (Å²) in [4.78, 5) is 5.03. The Morgan fingerprint density at radius 2 is 1.62 bits per heavy atom. The fourth-order valence-electron chi connectivity index (χ4n) is 0.883. The van der Waals surface area contributed by atoms with Crippen LogP contribution in [0.1, 0.15) is 0 Å². The maximum Gasteiger partial charge on any atom is 0.215 e. The Morgan fingerprint density at radius 1 is 1.24 bits per heavy atom. The average Bonchev–Trinajstić information content (AvgIpc) is 3.26. The topological polar surface area (TPSA) is 126 Å². The van der Waals surface area contributed by atoms with E-state index < -0.39 is 0 Å². The maximum atomic E-state index is 6.70. The van der Waals surface area contributed by atoms with Gasteiger partial charge in [-0.05, 0) is 0 Å². The van der Waals surface area contributed by atoms with E-state index >= 15 is 0 Å². The van der Waals surface area contributed by atoms with E-state index in [0.717, 1.165) is 26.4 Å². The first kappa shape index (κ1) is 21.9. The third-order valence-electron chi connectivity index (χ3n) is 2.11. The van der Waals surface area contributed by atoms with Gasteiger partial charge in [-0.2, -0.15) is 4.99 Å². The monoisotopic (exact) mass is 323 g/mol. The van der Waals surface area contributed by atoms with E-state index in [1.54, 1.807) is 19.0 Å². The van der Waals surface area contributed by atoms with Gasteiger partial charge in [0.05, 0.1) is 26.4 Å². The molecule has 2 heterocycles. The van der Waals surface area contributed by atoms with Gasteiger partial charge in [0.25, 0.3) is 0 Å². The SMILES string of the molecule is C(OCC1CO1)C1CO1.C=C.CN(C)C(N)=NC(=N)N.Cl. The summed E-state index contributed by atoms with van der Waals surface area (Å²) < 4.78 is 15.1. The minimum atomic E-state index is -0.277. The third-order valence-corrected chi connectivity index (χ3v) is 2.11. The average molecular weight is 324 g/mol. The number of guanidine groups is 2. The number of aliphatic imine (C=N–C) groups is 1. The number of nitrogens with one attached hydrogen (secondary N) is 1. The van der Waals surface area contributed by atoms with E-state index in [9.17, 15) is 0 Å². The molecule has 0 aromatic carbocycles. The number of nitrogens with two attached hydrogens (primary N) is 2. The van der Waals surface area contributed by atoms with Crippen molar-refractivity contribution in [1.29, 1.82) is 5.41 Å². The van der Waals surface area contributed by atoms with Gasteiger partial charge in [-0.15, -0.1) is 25.6 Å². The van der Waals surface area contributed by atoms with Gasteiger partial charge in [0.2, 0.25) is 5.96 Å². The number of hydrogen-bond donors (Lipinski definition) is 3. The first-order chi connectivity index (χ1) is 9.49. The molecular weight excluding hydrogens is 298 g/mol. The van der Waals surface area contributed by atoms with Crippen LogP contribution in [0.25, 0.3) is 0 Å². The molecule has 0 saturated carbocycles. The molecule has 5 N–H and O–H groups in total. The molecule has 2 saturated heterocycles. The summed E-state index contributed by atoms with van der Waals surface area (Å²) in [7, 11) is 3.45. The van der Waals surface area contributed by atoms with Gasteiger partial charge in [0.15, 0.2) is 5.96 Å². The Labute approximate surface area is 132 Å². The van der Waals surface area contributed by atoms with Crippen LogP contribution >= 0.6 is 12.4 Å². The van der Waals surface area contributed by atoms with E-state index in [1.807, 2.05) is 0 Å². The van der Waals surface area contributed by atoms with Crippen LogP contribution in [0.2, 0.25) is 0 Å². The smallest absolute Gasteiger partial charge is 0.215 e. The molecule has 9 heteroatoms. The van der Waals surface area contributed by atoms with Crippen LogP contribution in [0.5, 0.6) is 0 Å². The summed E-state index contributed by atoms with van der Waals surface area (Å²) in [5, 5.41) is 6.70. The van der Waals surface area contributed by atoms with Crippen molar-refractivity contribution >= 4 is 24.3 Å². The predicted octanol–water partition coefficient (Wildman–Crippen LogP) is -0.219. The van der Waals surface area contributed by atoms with E-state index in [4.69, 9.17) is 31.1 Å². The van der Waals surface area contributed by atoms with E-state index in [0.29, 0.717) is 12.2 Å². The Bertz CT molecular complexity index is 308. The third kappa shape index (κ3) is 14.9. The van der Waals surface area contributed by atoms with Crippen LogP contribution in [-0.4, -0.2) is 69.5 Å². The van der Waals surface area contributed by atoms with Gasteiger partial charge in [0.1, 0.15) is 12.2 Å². The summed E-state index contributed by atoms with van der Waals surface area (Å²) in [6, 6.07) is 0. The summed E-state index contributed by atoms with van der Waals surface area (Å²) in [5.74, 6) is -0.0382. The second kappa shape index (κ2) is 12.4. The van der Waals surface area contributed by atoms with Crippen LogP contribution in [0.15, 0.2) is 18.2 Å². The fraction of sp³-hybridized carbons (Fsp3) is 0.667. The quantitative estimate of drug-likeness (QED) is 0.284. The Balaban J connectivity index is 0. The van der Waals surface area contributed by atoms with Crippen LogP contribution in [0.3, 0.4) is 0 Å². The van der Waals surface area contributed by atoms with Crippen molar-refractivity contribution in [3.8, 4) is 0 Å². The summed E-state index contributed by atoms with van der Waals surface area (Å²) in [5.41, 5.74) is 10.2. The van der Waals surface area contributed by atoms with Crippen LogP contribution in [-0.2, 0) is 14.2 Å². The maximum absolute atomic E-state index is 6.70. The molecule has 21 heavy (non-hydrogen) atoms. The lowest BCUT2D eigenvalue weighted by Crippen LogP contribution is -2.32. The van der Waals surface area contributed by atoms with E-state index in [1.165, 1.54) is 0 Å². The highest BCUT2D eigenvalue weighted by molar-refractivity contribution is 5.91. The number of halogens is 1. The van der Waals surface area contributed by atoms with Crippen molar-refractivity contribution in [1.82, 2.24) is 4.90 Å². The molecular formula is C12H26ClN5O3. The second-order valence-electron chi connectivity index (χ2n) is 4.20. The zero-order valence-electron chi connectivity index (χ0n) is 12.6. The van der Waals surface area contributed by atoms with Crippen molar-refractivity contribution in [2.75, 3.05) is 40.5 Å². The molecule has 2 atom stereocenters. The molecule has 0 spiro atoms. The van der Waals surface area contributed by atoms with E-state index in [2.05, 4.69) is 18.2 Å². The molecule has 2 rings (SSSR count). The highest BCUT2D eigenvalue weighted by atomic mass is 35.5. The molecule has 8 nitrogen and oxygen atoms in total. The molecule has 0 aromatic rings. The van der Waals surface area contributed by atoms with Crippen molar-refractivity contribution in [2.24, 2.45) is 16.5 Å². The summed E-state index contributed by atoms with van der Waals surface area (Å²) >= 11 is 0. The molecule has 2 aliphatic rings. The lowest BCUT2D eigenvalue weighted by atomic mass is 10.5. The summed E-state index contributed by atoms with van der Waals surface area (Å²) in [6.45, 7) is 9.26. The van der Waals surface area contributed by atoms with Crippen molar-refractivity contribution < 1.29 is 14.2 Å². The van der Waals surface area contributed by atoms with Gasteiger partial charge in [0, 0.05) is 14.1 Å². The molecule has 124 valence electrons. The van der Waals surface area contributed by atoms with Crippen molar-refractivity contribution in [3.05, 3.63) is 13.2 Å². The molecule has 0 aromatic heterocycles.